The molecule has 1 rings (SSSR count). The van der Waals surface area contributed by atoms with Crippen LogP contribution in [-0.2, 0) is 14.3 Å². The van der Waals surface area contributed by atoms with E-state index in [1.807, 2.05) is 12.1 Å². The molecule has 74 valence electrons. The number of hydrogen-bond acceptors (Lipinski definition) is 4. The van der Waals surface area contributed by atoms with Crippen LogP contribution in [0.5, 0.6) is 0 Å². The second-order valence-electron chi connectivity index (χ2n) is 2.33. The van der Waals surface area contributed by atoms with E-state index in [0.29, 0.717) is 0 Å². The Labute approximate surface area is 93.5 Å². The van der Waals surface area contributed by atoms with Crippen LogP contribution in [0.25, 0.3) is 6.08 Å². The number of hydrogen-bond donors (Lipinski definition) is 0. The van der Waals surface area contributed by atoms with Crippen LogP contribution < -0.4 is 0 Å². The zero-order valence-corrected chi connectivity index (χ0v) is 9.72. The van der Waals surface area contributed by atoms with E-state index >= 15 is 0 Å². The number of carbonyl (C=O) groups excluding carboxylic acids is 2. The highest BCUT2D eigenvalue weighted by atomic mass is 79.9. The Hall–Kier alpha value is -0.940. The molecular formula is C9H7BrO3S. The first-order chi connectivity index (χ1) is 6.63. The highest BCUT2D eigenvalue weighted by molar-refractivity contribution is 9.11. The number of esters is 1. The predicted molar refractivity (Wildman–Crippen MR) is 58.1 cm³/mol. The quantitative estimate of drug-likeness (QED) is 0.483. The van der Waals surface area contributed by atoms with Gasteiger partial charge in [0.25, 0.3) is 5.78 Å². The van der Waals surface area contributed by atoms with Crippen molar-refractivity contribution >= 4 is 45.1 Å². The van der Waals surface area contributed by atoms with Gasteiger partial charge in [-0.05, 0) is 40.2 Å². The fourth-order valence-electron chi connectivity index (χ4n) is 0.744. The zero-order chi connectivity index (χ0) is 10.6. The fourth-order valence-corrected chi connectivity index (χ4v) is 2.07. The second kappa shape index (κ2) is 5.07. The first-order valence-electron chi connectivity index (χ1n) is 3.69. The van der Waals surface area contributed by atoms with Crippen molar-refractivity contribution < 1.29 is 14.3 Å². The fraction of sp³-hybridized carbons (Fsp3) is 0.111. The highest BCUT2D eigenvalue weighted by Crippen LogP contribution is 2.22. The van der Waals surface area contributed by atoms with E-state index in [2.05, 4.69) is 20.7 Å². The minimum absolute atomic E-state index is 0.656. The van der Waals surface area contributed by atoms with Crippen molar-refractivity contribution in [2.75, 3.05) is 7.11 Å². The van der Waals surface area contributed by atoms with Gasteiger partial charge in [-0.3, -0.25) is 4.79 Å². The van der Waals surface area contributed by atoms with Gasteiger partial charge in [-0.25, -0.2) is 4.79 Å². The first kappa shape index (κ1) is 11.1. The number of thiophene rings is 1. The summed E-state index contributed by atoms with van der Waals surface area (Å²) in [5.74, 6) is -1.51. The van der Waals surface area contributed by atoms with E-state index in [4.69, 9.17) is 0 Å². The third kappa shape index (κ3) is 3.08. The van der Waals surface area contributed by atoms with Crippen molar-refractivity contribution in [3.05, 3.63) is 26.9 Å². The van der Waals surface area contributed by atoms with Gasteiger partial charge in [0.2, 0.25) is 0 Å². The Bertz CT molecular complexity index is 381. The molecule has 0 aliphatic heterocycles. The van der Waals surface area contributed by atoms with Crippen LogP contribution >= 0.6 is 27.3 Å². The number of carbonyl (C=O) groups is 2. The van der Waals surface area contributed by atoms with Crippen LogP contribution in [0, 0.1) is 0 Å². The highest BCUT2D eigenvalue weighted by Gasteiger charge is 2.08. The smallest absolute Gasteiger partial charge is 0.378 e. The molecule has 0 unspecified atom stereocenters. The van der Waals surface area contributed by atoms with Gasteiger partial charge in [-0.1, -0.05) is 0 Å². The van der Waals surface area contributed by atoms with Crippen molar-refractivity contribution in [2.45, 2.75) is 0 Å². The minimum atomic E-state index is -0.850. The monoisotopic (exact) mass is 274 g/mol. The zero-order valence-electron chi connectivity index (χ0n) is 7.32. The van der Waals surface area contributed by atoms with Crippen molar-refractivity contribution in [1.29, 1.82) is 0 Å². The molecule has 1 aromatic rings. The van der Waals surface area contributed by atoms with Crippen molar-refractivity contribution in [3.8, 4) is 0 Å². The van der Waals surface area contributed by atoms with Gasteiger partial charge in [0.1, 0.15) is 0 Å². The van der Waals surface area contributed by atoms with Crippen LogP contribution in [0.2, 0.25) is 0 Å². The van der Waals surface area contributed by atoms with Crippen LogP contribution in [0.15, 0.2) is 22.0 Å². The van der Waals surface area contributed by atoms with Crippen LogP contribution in [-0.4, -0.2) is 18.9 Å². The summed E-state index contributed by atoms with van der Waals surface area (Å²) in [6.45, 7) is 0. The maximum Gasteiger partial charge on any atom is 0.378 e. The first-order valence-corrected chi connectivity index (χ1v) is 5.30. The number of methoxy groups -OCH3 is 1. The molecule has 5 heteroatoms. The Morgan fingerprint density at radius 1 is 1.50 bits per heavy atom. The topological polar surface area (TPSA) is 43.4 Å². The number of ketones is 1. The van der Waals surface area contributed by atoms with Crippen LogP contribution in [0.3, 0.4) is 0 Å². The minimum Gasteiger partial charge on any atom is -0.463 e. The number of halogens is 1. The maximum absolute atomic E-state index is 11.0. The lowest BCUT2D eigenvalue weighted by molar-refractivity contribution is -0.149. The van der Waals surface area contributed by atoms with Gasteiger partial charge in [0, 0.05) is 4.88 Å². The average Bonchev–Trinajstić information content (AvgIpc) is 2.59. The predicted octanol–water partition coefficient (Wildman–Crippen LogP) is 2.27. The van der Waals surface area contributed by atoms with E-state index in [-0.39, 0.29) is 0 Å². The lowest BCUT2D eigenvalue weighted by Crippen LogP contribution is -2.11. The largest absolute Gasteiger partial charge is 0.463 e. The summed E-state index contributed by atoms with van der Waals surface area (Å²) in [6, 6.07) is 3.71. The summed E-state index contributed by atoms with van der Waals surface area (Å²) in [4.78, 5) is 22.6. The molecule has 0 bridgehead atoms. The molecule has 0 spiro atoms. The third-order valence-corrected chi connectivity index (χ3v) is 2.97. The Morgan fingerprint density at radius 2 is 2.21 bits per heavy atom. The molecule has 1 aromatic heterocycles. The molecule has 0 radical (unpaired) electrons. The number of ether oxygens (including phenoxy) is 1. The summed E-state index contributed by atoms with van der Waals surface area (Å²) < 4.78 is 5.23. The molecule has 0 aliphatic carbocycles. The maximum atomic E-state index is 11.0. The van der Waals surface area contributed by atoms with Gasteiger partial charge in [0.15, 0.2) is 0 Å². The molecule has 0 saturated carbocycles. The standard InChI is InChI=1S/C9H7BrO3S/c1-13-9(12)7(11)4-2-6-3-5-8(10)14-6/h2-5H,1H3. The normalized spacial score (nSPS) is 10.4. The summed E-state index contributed by atoms with van der Waals surface area (Å²) in [7, 11) is 1.18. The Kier molecular flexibility index (Phi) is 4.03. The summed E-state index contributed by atoms with van der Waals surface area (Å²) in [6.07, 6.45) is 2.78. The number of rotatable bonds is 3. The van der Waals surface area contributed by atoms with Crippen molar-refractivity contribution in [3.63, 3.8) is 0 Å². The summed E-state index contributed by atoms with van der Waals surface area (Å²) in [5, 5.41) is 0. The van der Waals surface area contributed by atoms with E-state index in [1.54, 1.807) is 6.08 Å². The average molecular weight is 275 g/mol. The van der Waals surface area contributed by atoms with E-state index < -0.39 is 11.8 Å². The molecule has 0 N–H and O–H groups in total. The third-order valence-electron chi connectivity index (χ3n) is 1.38. The van der Waals surface area contributed by atoms with E-state index in [1.165, 1.54) is 24.5 Å². The molecule has 1 heterocycles. The van der Waals surface area contributed by atoms with Gasteiger partial charge in [-0.15, -0.1) is 11.3 Å². The molecule has 0 atom stereocenters. The molecule has 0 amide bonds. The van der Waals surface area contributed by atoms with Gasteiger partial charge < -0.3 is 4.74 Å². The second-order valence-corrected chi connectivity index (χ2v) is 4.83. The van der Waals surface area contributed by atoms with E-state index in [0.717, 1.165) is 8.66 Å². The Morgan fingerprint density at radius 3 is 2.71 bits per heavy atom. The molecular weight excluding hydrogens is 268 g/mol. The van der Waals surface area contributed by atoms with Gasteiger partial charge in [-0.2, -0.15) is 0 Å². The molecule has 3 nitrogen and oxygen atoms in total. The van der Waals surface area contributed by atoms with E-state index in [9.17, 15) is 9.59 Å². The lowest BCUT2D eigenvalue weighted by atomic mass is 10.3. The summed E-state index contributed by atoms with van der Waals surface area (Å²) in [5.41, 5.74) is 0. The van der Waals surface area contributed by atoms with Crippen LogP contribution in [0.1, 0.15) is 4.88 Å². The summed E-state index contributed by atoms with van der Waals surface area (Å²) >= 11 is 4.76. The lowest BCUT2D eigenvalue weighted by Gasteiger charge is -1.90. The van der Waals surface area contributed by atoms with Crippen LogP contribution in [0.4, 0.5) is 0 Å². The Balaban J connectivity index is 2.64. The molecule has 14 heavy (non-hydrogen) atoms. The SMILES string of the molecule is COC(=O)C(=O)C=Cc1ccc(Br)s1. The molecule has 0 saturated heterocycles. The molecule has 0 aromatic carbocycles. The van der Waals surface area contributed by atoms with Crippen molar-refractivity contribution in [1.82, 2.24) is 0 Å². The van der Waals surface area contributed by atoms with Crippen molar-refractivity contribution in [2.24, 2.45) is 0 Å². The molecule has 0 fully saturated rings. The molecule has 0 aliphatic rings. The van der Waals surface area contributed by atoms with Gasteiger partial charge >= 0.3 is 5.97 Å². The van der Waals surface area contributed by atoms with Gasteiger partial charge in [0.05, 0.1) is 10.9 Å².